The first-order valence-corrected chi connectivity index (χ1v) is 6.27. The first-order valence-electron chi connectivity index (χ1n) is 5.89. The number of aldehydes is 1. The molecule has 2 rings (SSSR count). The maximum atomic E-state index is 11.1. The van der Waals surface area contributed by atoms with E-state index in [-0.39, 0.29) is 28.6 Å². The van der Waals surface area contributed by atoms with Crippen molar-refractivity contribution >= 4 is 17.9 Å². The summed E-state index contributed by atoms with van der Waals surface area (Å²) < 4.78 is 5.54. The van der Waals surface area contributed by atoms with E-state index in [2.05, 4.69) is 4.98 Å². The Kier molecular flexibility index (Phi) is 4.34. The van der Waals surface area contributed by atoms with Crippen LogP contribution in [0.5, 0.6) is 5.88 Å². The zero-order valence-electron chi connectivity index (χ0n) is 10.8. The molecule has 2 aromatic rings. The molecule has 0 bridgehead atoms. The number of pyridine rings is 1. The summed E-state index contributed by atoms with van der Waals surface area (Å²) in [6.45, 7) is 1.92. The fourth-order valence-corrected chi connectivity index (χ4v) is 1.91. The quantitative estimate of drug-likeness (QED) is 0.809. The number of ether oxygens (including phenoxy) is 1. The van der Waals surface area contributed by atoms with Crippen LogP contribution in [0.3, 0.4) is 0 Å². The number of carbonyl (C=O) groups excluding carboxylic acids is 1. The largest absolute Gasteiger partial charge is 0.472 e. The van der Waals surface area contributed by atoms with Gasteiger partial charge in [0.05, 0.1) is 16.3 Å². The van der Waals surface area contributed by atoms with Gasteiger partial charge in [-0.1, -0.05) is 41.9 Å². The van der Waals surface area contributed by atoms with Crippen molar-refractivity contribution < 1.29 is 9.53 Å². The lowest BCUT2D eigenvalue weighted by Crippen LogP contribution is -2.04. The van der Waals surface area contributed by atoms with Crippen molar-refractivity contribution in [3.63, 3.8) is 0 Å². The van der Waals surface area contributed by atoms with Gasteiger partial charge in [0.15, 0.2) is 6.29 Å². The van der Waals surface area contributed by atoms with Gasteiger partial charge in [-0.3, -0.25) is 4.79 Å². The summed E-state index contributed by atoms with van der Waals surface area (Å²) >= 11 is 5.97. The maximum Gasteiger partial charge on any atom is 0.233 e. The first kappa shape index (κ1) is 14.0. The van der Waals surface area contributed by atoms with E-state index in [1.807, 2.05) is 36.4 Å². The van der Waals surface area contributed by atoms with Crippen molar-refractivity contribution in [3.05, 3.63) is 57.7 Å². The molecule has 0 amide bonds. The van der Waals surface area contributed by atoms with Gasteiger partial charge in [0.2, 0.25) is 5.88 Å². The third-order valence-electron chi connectivity index (χ3n) is 2.75. The third kappa shape index (κ3) is 2.79. The predicted octanol–water partition coefficient (Wildman–Crippen LogP) is 3.31. The zero-order valence-corrected chi connectivity index (χ0v) is 11.5. The predicted molar refractivity (Wildman–Crippen MR) is 74.9 cm³/mol. The minimum Gasteiger partial charge on any atom is -0.472 e. The SMILES string of the molecule is Cc1nc(OCc2ccccc2)c(C#N)c(C=O)c1Cl. The molecule has 20 heavy (non-hydrogen) atoms. The molecule has 5 heteroatoms. The average molecular weight is 287 g/mol. The molecule has 0 aliphatic rings. The second-order valence-electron chi connectivity index (χ2n) is 4.11. The Hall–Kier alpha value is -2.38. The second-order valence-corrected chi connectivity index (χ2v) is 4.49. The van der Waals surface area contributed by atoms with E-state index in [0.29, 0.717) is 12.0 Å². The van der Waals surface area contributed by atoms with E-state index >= 15 is 0 Å². The molecule has 0 saturated heterocycles. The second kappa shape index (κ2) is 6.18. The van der Waals surface area contributed by atoms with E-state index in [0.717, 1.165) is 5.56 Å². The standard InChI is InChI=1S/C15H11ClN2O2/c1-10-14(16)13(8-19)12(7-17)15(18-10)20-9-11-5-3-2-4-6-11/h2-6,8H,9H2,1H3. The maximum absolute atomic E-state index is 11.1. The molecule has 100 valence electrons. The molecule has 0 unspecified atom stereocenters. The van der Waals surface area contributed by atoms with Crippen LogP contribution in [-0.2, 0) is 6.61 Å². The molecule has 1 aromatic carbocycles. The molecule has 0 fully saturated rings. The highest BCUT2D eigenvalue weighted by Gasteiger charge is 2.17. The first-order chi connectivity index (χ1) is 9.67. The number of aromatic nitrogens is 1. The minimum atomic E-state index is 0.0616. The van der Waals surface area contributed by atoms with Gasteiger partial charge in [-0.15, -0.1) is 0 Å². The number of aryl methyl sites for hydroxylation is 1. The van der Waals surface area contributed by atoms with Crippen LogP contribution < -0.4 is 4.74 Å². The van der Waals surface area contributed by atoms with Crippen LogP contribution in [0.25, 0.3) is 0 Å². The van der Waals surface area contributed by atoms with Crippen LogP contribution in [0.4, 0.5) is 0 Å². The van der Waals surface area contributed by atoms with Gasteiger partial charge in [0.1, 0.15) is 18.2 Å². The van der Waals surface area contributed by atoms with Gasteiger partial charge in [-0.05, 0) is 12.5 Å². The molecular formula is C15H11ClN2O2. The van der Waals surface area contributed by atoms with Crippen LogP contribution in [0.1, 0.15) is 27.2 Å². The number of hydrogen-bond donors (Lipinski definition) is 0. The van der Waals surface area contributed by atoms with Gasteiger partial charge in [-0.2, -0.15) is 5.26 Å². The van der Waals surface area contributed by atoms with Crippen LogP contribution in [-0.4, -0.2) is 11.3 Å². The number of nitrogens with zero attached hydrogens (tertiary/aromatic N) is 2. The van der Waals surface area contributed by atoms with Crippen molar-refractivity contribution in [2.24, 2.45) is 0 Å². The number of carbonyl (C=O) groups is 1. The average Bonchev–Trinajstić information content (AvgIpc) is 2.48. The molecule has 0 aliphatic heterocycles. The zero-order chi connectivity index (χ0) is 14.5. The lowest BCUT2D eigenvalue weighted by Gasteiger charge is -2.10. The monoisotopic (exact) mass is 286 g/mol. The number of halogens is 1. The summed E-state index contributed by atoms with van der Waals surface area (Å²) in [6.07, 6.45) is 0.547. The Labute approximate surface area is 121 Å². The highest BCUT2D eigenvalue weighted by molar-refractivity contribution is 6.33. The summed E-state index contributed by atoms with van der Waals surface area (Å²) in [6, 6.07) is 11.4. The summed E-state index contributed by atoms with van der Waals surface area (Å²) in [5.41, 5.74) is 1.57. The minimum absolute atomic E-state index is 0.0616. The van der Waals surface area contributed by atoms with Crippen molar-refractivity contribution in [3.8, 4) is 11.9 Å². The van der Waals surface area contributed by atoms with Crippen LogP contribution in [0.2, 0.25) is 5.02 Å². The lowest BCUT2D eigenvalue weighted by molar-refractivity contribution is 0.112. The topological polar surface area (TPSA) is 63.0 Å². The van der Waals surface area contributed by atoms with E-state index in [9.17, 15) is 4.79 Å². The van der Waals surface area contributed by atoms with Gasteiger partial charge in [-0.25, -0.2) is 4.98 Å². The summed E-state index contributed by atoms with van der Waals surface area (Å²) in [7, 11) is 0. The Morgan fingerprint density at radius 3 is 2.70 bits per heavy atom. The lowest BCUT2D eigenvalue weighted by atomic mass is 10.1. The summed E-state index contributed by atoms with van der Waals surface area (Å²) in [4.78, 5) is 15.2. The fourth-order valence-electron chi connectivity index (χ4n) is 1.73. The summed E-state index contributed by atoms with van der Waals surface area (Å²) in [5.74, 6) is 0.125. The van der Waals surface area contributed by atoms with E-state index < -0.39 is 0 Å². The number of hydrogen-bond acceptors (Lipinski definition) is 4. The Bertz CT molecular complexity index is 679. The van der Waals surface area contributed by atoms with Gasteiger partial charge in [0, 0.05) is 0 Å². The molecule has 0 aliphatic carbocycles. The van der Waals surface area contributed by atoms with E-state index in [4.69, 9.17) is 21.6 Å². The Morgan fingerprint density at radius 2 is 2.10 bits per heavy atom. The van der Waals surface area contributed by atoms with Gasteiger partial charge in [0.25, 0.3) is 0 Å². The van der Waals surface area contributed by atoms with Crippen LogP contribution in [0, 0.1) is 18.3 Å². The molecular weight excluding hydrogens is 276 g/mol. The van der Waals surface area contributed by atoms with Crippen molar-refractivity contribution in [1.82, 2.24) is 4.98 Å². The molecule has 4 nitrogen and oxygen atoms in total. The molecule has 0 spiro atoms. The number of benzene rings is 1. The Morgan fingerprint density at radius 1 is 1.40 bits per heavy atom. The smallest absolute Gasteiger partial charge is 0.233 e. The van der Waals surface area contributed by atoms with Gasteiger partial charge < -0.3 is 4.74 Å². The van der Waals surface area contributed by atoms with E-state index in [1.165, 1.54) is 0 Å². The van der Waals surface area contributed by atoms with Crippen molar-refractivity contribution in [2.45, 2.75) is 13.5 Å². The highest BCUT2D eigenvalue weighted by Crippen LogP contribution is 2.28. The molecule has 1 heterocycles. The van der Waals surface area contributed by atoms with Gasteiger partial charge >= 0.3 is 0 Å². The van der Waals surface area contributed by atoms with E-state index in [1.54, 1.807) is 6.92 Å². The number of rotatable bonds is 4. The third-order valence-corrected chi connectivity index (χ3v) is 3.23. The summed E-state index contributed by atoms with van der Waals surface area (Å²) in [5, 5.41) is 9.34. The molecule has 0 radical (unpaired) electrons. The normalized spacial score (nSPS) is 9.85. The molecule has 0 saturated carbocycles. The van der Waals surface area contributed by atoms with Crippen LogP contribution >= 0.6 is 11.6 Å². The Balaban J connectivity index is 2.35. The molecule has 1 aromatic heterocycles. The number of nitriles is 1. The van der Waals surface area contributed by atoms with Crippen molar-refractivity contribution in [1.29, 1.82) is 5.26 Å². The highest BCUT2D eigenvalue weighted by atomic mass is 35.5. The van der Waals surface area contributed by atoms with Crippen molar-refractivity contribution in [2.75, 3.05) is 0 Å². The fraction of sp³-hybridized carbons (Fsp3) is 0.133. The van der Waals surface area contributed by atoms with Crippen LogP contribution in [0.15, 0.2) is 30.3 Å². The molecule has 0 atom stereocenters. The molecule has 0 N–H and O–H groups in total.